The van der Waals surface area contributed by atoms with Crippen LogP contribution in [0, 0.1) is 11.8 Å². The molecule has 1 aromatic rings. The van der Waals surface area contributed by atoms with Gasteiger partial charge < -0.3 is 10.4 Å². The molecular weight excluding hydrogens is 344 g/mol. The van der Waals surface area contributed by atoms with Crippen molar-refractivity contribution in [2.45, 2.75) is 39.7 Å². The number of nitrogens with zero attached hydrogens (tertiary/aromatic N) is 1. The molecule has 2 N–H and O–H groups in total. The Morgan fingerprint density at radius 2 is 1.89 bits per heavy atom. The predicted octanol–water partition coefficient (Wildman–Crippen LogP) is 6.15. The van der Waals surface area contributed by atoms with Gasteiger partial charge in [0.05, 0.1) is 0 Å². The largest absolute Gasteiger partial charge is 0.509 e. The van der Waals surface area contributed by atoms with Crippen molar-refractivity contribution in [3.8, 4) is 0 Å². The van der Waals surface area contributed by atoms with Crippen LogP contribution < -0.4 is 5.32 Å². The standard InChI is InChI=1S/C25H34N2O/c1-7-15-26-18-20(4)22(6)27-25(17-23-11-9-8-10-12-23)24(16-19(2)3)14-13-21(5)28/h7-15,18-19,24-25,27-28H,1,5-6,16-17H2,2-4H3/b14-13+,20-18+,26-15?. The van der Waals surface area contributed by atoms with Gasteiger partial charge in [0.25, 0.3) is 0 Å². The number of rotatable bonds is 12. The Morgan fingerprint density at radius 3 is 2.46 bits per heavy atom. The number of benzene rings is 1. The van der Waals surface area contributed by atoms with E-state index in [1.807, 2.05) is 19.1 Å². The maximum atomic E-state index is 9.55. The lowest BCUT2D eigenvalue weighted by Gasteiger charge is -2.29. The summed E-state index contributed by atoms with van der Waals surface area (Å²) in [5, 5.41) is 13.1. The van der Waals surface area contributed by atoms with Gasteiger partial charge in [0.1, 0.15) is 5.76 Å². The minimum absolute atomic E-state index is 0.0703. The van der Waals surface area contributed by atoms with Crippen LogP contribution in [0.3, 0.4) is 0 Å². The number of aliphatic imine (C=N–C) groups is 1. The summed E-state index contributed by atoms with van der Waals surface area (Å²) in [5.74, 6) is 0.801. The highest BCUT2D eigenvalue weighted by Crippen LogP contribution is 2.23. The van der Waals surface area contributed by atoms with Gasteiger partial charge in [0.2, 0.25) is 0 Å². The van der Waals surface area contributed by atoms with Crippen LogP contribution in [0.5, 0.6) is 0 Å². The smallest absolute Gasteiger partial charge is 0.108 e. The highest BCUT2D eigenvalue weighted by molar-refractivity contribution is 5.70. The molecule has 2 atom stereocenters. The lowest BCUT2D eigenvalue weighted by molar-refractivity contribution is 0.368. The molecule has 0 saturated heterocycles. The van der Waals surface area contributed by atoms with E-state index in [1.165, 1.54) is 5.56 Å². The lowest BCUT2D eigenvalue weighted by atomic mass is 9.86. The molecule has 2 unspecified atom stereocenters. The van der Waals surface area contributed by atoms with Gasteiger partial charge in [-0.15, -0.1) is 0 Å². The molecule has 150 valence electrons. The summed E-state index contributed by atoms with van der Waals surface area (Å²) in [4.78, 5) is 4.19. The summed E-state index contributed by atoms with van der Waals surface area (Å²) in [5.41, 5.74) is 3.06. The van der Waals surface area contributed by atoms with Gasteiger partial charge in [-0.1, -0.05) is 76.1 Å². The highest BCUT2D eigenvalue weighted by Gasteiger charge is 2.21. The first-order valence-electron chi connectivity index (χ1n) is 9.70. The van der Waals surface area contributed by atoms with Crippen molar-refractivity contribution >= 4 is 6.21 Å². The number of hydrogen-bond acceptors (Lipinski definition) is 3. The summed E-state index contributed by atoms with van der Waals surface area (Å²) in [6.07, 6.45) is 10.6. The Bertz CT molecular complexity index is 726. The maximum Gasteiger partial charge on any atom is 0.108 e. The van der Waals surface area contributed by atoms with E-state index in [0.29, 0.717) is 5.92 Å². The van der Waals surface area contributed by atoms with Crippen LogP contribution in [0.15, 0.2) is 96.5 Å². The summed E-state index contributed by atoms with van der Waals surface area (Å²) in [7, 11) is 0. The second kappa shape index (κ2) is 12.6. The van der Waals surface area contributed by atoms with Gasteiger partial charge in [0.15, 0.2) is 0 Å². The van der Waals surface area contributed by atoms with Crippen LogP contribution in [0.25, 0.3) is 0 Å². The average Bonchev–Trinajstić information content (AvgIpc) is 2.65. The van der Waals surface area contributed by atoms with Crippen LogP contribution >= 0.6 is 0 Å². The summed E-state index contributed by atoms with van der Waals surface area (Å²) in [6.45, 7) is 17.8. The molecule has 0 heterocycles. The van der Waals surface area contributed by atoms with Crippen molar-refractivity contribution in [1.29, 1.82) is 0 Å². The quantitative estimate of drug-likeness (QED) is 0.260. The van der Waals surface area contributed by atoms with Crippen molar-refractivity contribution in [1.82, 2.24) is 5.32 Å². The Hall–Kier alpha value is -2.81. The topological polar surface area (TPSA) is 44.6 Å². The molecule has 0 amide bonds. The number of aliphatic hydroxyl groups is 1. The Balaban J connectivity index is 3.12. The number of nitrogens with one attached hydrogen (secondary N) is 1. The van der Waals surface area contributed by atoms with Crippen LogP contribution in [0.4, 0.5) is 0 Å². The van der Waals surface area contributed by atoms with E-state index < -0.39 is 0 Å². The minimum Gasteiger partial charge on any atom is -0.509 e. The maximum absolute atomic E-state index is 9.55. The van der Waals surface area contributed by atoms with Crippen LogP contribution in [0.1, 0.15) is 32.8 Å². The summed E-state index contributed by atoms with van der Waals surface area (Å²) in [6, 6.07) is 10.5. The molecule has 0 aliphatic heterocycles. The molecular formula is C25H34N2O. The molecule has 0 saturated carbocycles. The number of hydrogen-bond donors (Lipinski definition) is 2. The van der Waals surface area contributed by atoms with Gasteiger partial charge in [-0.2, -0.15) is 0 Å². The lowest BCUT2D eigenvalue weighted by Crippen LogP contribution is -2.37. The third-order valence-corrected chi connectivity index (χ3v) is 4.39. The van der Waals surface area contributed by atoms with E-state index >= 15 is 0 Å². The first-order valence-corrected chi connectivity index (χ1v) is 9.70. The van der Waals surface area contributed by atoms with Gasteiger partial charge in [-0.3, -0.25) is 4.99 Å². The Labute approximate surface area is 170 Å². The molecule has 3 heteroatoms. The van der Waals surface area contributed by atoms with E-state index in [1.54, 1.807) is 24.6 Å². The minimum atomic E-state index is 0.0703. The molecule has 0 radical (unpaired) electrons. The first-order chi connectivity index (χ1) is 13.3. The van der Waals surface area contributed by atoms with Gasteiger partial charge in [0, 0.05) is 24.2 Å². The molecule has 0 aromatic heterocycles. The van der Waals surface area contributed by atoms with Crippen molar-refractivity contribution in [3.05, 3.63) is 97.1 Å². The molecule has 0 spiro atoms. The van der Waals surface area contributed by atoms with Gasteiger partial charge in [-0.25, -0.2) is 0 Å². The fraction of sp³-hybridized carbons (Fsp3) is 0.320. The molecule has 0 bridgehead atoms. The van der Waals surface area contributed by atoms with Crippen LogP contribution in [-0.2, 0) is 6.42 Å². The molecule has 1 rings (SSSR count). The number of allylic oxidation sites excluding steroid dienone is 3. The molecule has 28 heavy (non-hydrogen) atoms. The van der Waals surface area contributed by atoms with E-state index in [0.717, 1.165) is 24.1 Å². The summed E-state index contributed by atoms with van der Waals surface area (Å²) >= 11 is 0. The van der Waals surface area contributed by atoms with Crippen molar-refractivity contribution < 1.29 is 5.11 Å². The van der Waals surface area contributed by atoms with E-state index in [2.05, 4.69) is 68.2 Å². The second-order valence-electron chi connectivity index (χ2n) is 7.41. The van der Waals surface area contributed by atoms with Crippen LogP contribution in [0.2, 0.25) is 0 Å². The fourth-order valence-corrected chi connectivity index (χ4v) is 2.96. The monoisotopic (exact) mass is 378 g/mol. The van der Waals surface area contributed by atoms with Gasteiger partial charge in [-0.05, 0) is 48.8 Å². The van der Waals surface area contributed by atoms with E-state index in [9.17, 15) is 5.11 Å². The molecule has 1 aromatic carbocycles. The van der Waals surface area contributed by atoms with Crippen molar-refractivity contribution in [2.75, 3.05) is 0 Å². The number of aliphatic hydroxyl groups excluding tert-OH is 1. The third kappa shape index (κ3) is 9.22. The van der Waals surface area contributed by atoms with Gasteiger partial charge >= 0.3 is 0 Å². The Morgan fingerprint density at radius 1 is 1.21 bits per heavy atom. The second-order valence-corrected chi connectivity index (χ2v) is 7.41. The zero-order valence-electron chi connectivity index (χ0n) is 17.4. The molecule has 0 aliphatic carbocycles. The molecule has 0 fully saturated rings. The molecule has 0 aliphatic rings. The van der Waals surface area contributed by atoms with Crippen LogP contribution in [-0.4, -0.2) is 17.4 Å². The normalized spacial score (nSPS) is 14.4. The zero-order chi connectivity index (χ0) is 20.9. The zero-order valence-corrected chi connectivity index (χ0v) is 17.4. The average molecular weight is 379 g/mol. The van der Waals surface area contributed by atoms with Crippen molar-refractivity contribution in [3.63, 3.8) is 0 Å². The predicted molar refractivity (Wildman–Crippen MR) is 123 cm³/mol. The Kier molecular flexibility index (Phi) is 10.4. The van der Waals surface area contributed by atoms with E-state index in [-0.39, 0.29) is 17.7 Å². The SMILES string of the molecule is C=CC=N/C=C(\C)C(=C)NC(Cc1ccccc1)C(/C=C/C(=C)O)CC(C)C. The first kappa shape index (κ1) is 23.2. The fourth-order valence-electron chi connectivity index (χ4n) is 2.96. The summed E-state index contributed by atoms with van der Waals surface area (Å²) < 4.78 is 0. The molecule has 3 nitrogen and oxygen atoms in total. The van der Waals surface area contributed by atoms with Crippen molar-refractivity contribution in [2.24, 2.45) is 16.8 Å². The van der Waals surface area contributed by atoms with E-state index in [4.69, 9.17) is 0 Å². The highest BCUT2D eigenvalue weighted by atomic mass is 16.3. The third-order valence-electron chi connectivity index (χ3n) is 4.39.